The number of amides is 1. The number of hydrogen-bond donors (Lipinski definition) is 1. The molecule has 3 aromatic rings. The van der Waals surface area contributed by atoms with Crippen LogP contribution in [0.2, 0.25) is 0 Å². The molecule has 1 aliphatic rings. The van der Waals surface area contributed by atoms with Gasteiger partial charge in [-0.3, -0.25) is 9.59 Å². The highest BCUT2D eigenvalue weighted by atomic mass is 16.5. The van der Waals surface area contributed by atoms with Gasteiger partial charge in [-0.1, -0.05) is 99.7 Å². The van der Waals surface area contributed by atoms with Gasteiger partial charge in [-0.15, -0.1) is 0 Å². The number of methoxy groups -OCH3 is 1. The molecular formula is C27H31NO3. The number of hydrogen-bond acceptors (Lipinski definition) is 3. The Labute approximate surface area is 184 Å². The quantitative estimate of drug-likeness (QED) is 0.530. The molecule has 31 heavy (non-hydrogen) atoms. The summed E-state index contributed by atoms with van der Waals surface area (Å²) in [4.78, 5) is 23.7. The molecule has 4 rings (SSSR count). The SMILES string of the molecule is CC1CCCCC1.COC(=O)CNC(=O)c1ccccc1-c1cccc2ccccc12. The minimum absolute atomic E-state index is 0.154. The summed E-state index contributed by atoms with van der Waals surface area (Å²) in [6.07, 6.45) is 7.44. The summed E-state index contributed by atoms with van der Waals surface area (Å²) in [6, 6.07) is 21.4. The first-order valence-corrected chi connectivity index (χ1v) is 11.0. The number of benzene rings is 3. The lowest BCUT2D eigenvalue weighted by molar-refractivity contribution is -0.139. The van der Waals surface area contributed by atoms with Crippen LogP contribution in [0, 0.1) is 5.92 Å². The number of nitrogens with one attached hydrogen (secondary N) is 1. The monoisotopic (exact) mass is 417 g/mol. The van der Waals surface area contributed by atoms with Crippen molar-refractivity contribution in [3.8, 4) is 11.1 Å². The van der Waals surface area contributed by atoms with Crippen LogP contribution in [0.15, 0.2) is 66.7 Å². The lowest BCUT2D eigenvalue weighted by Crippen LogP contribution is -2.30. The molecule has 1 fully saturated rings. The van der Waals surface area contributed by atoms with Crippen molar-refractivity contribution in [2.75, 3.05) is 13.7 Å². The van der Waals surface area contributed by atoms with E-state index in [1.807, 2.05) is 60.7 Å². The molecular weight excluding hydrogens is 386 g/mol. The van der Waals surface area contributed by atoms with Crippen molar-refractivity contribution in [3.05, 3.63) is 72.3 Å². The number of carbonyl (C=O) groups is 2. The second kappa shape index (κ2) is 11.3. The molecule has 0 spiro atoms. The molecule has 0 radical (unpaired) electrons. The average Bonchev–Trinajstić information content (AvgIpc) is 2.83. The fraction of sp³-hybridized carbons (Fsp3) is 0.333. The maximum absolute atomic E-state index is 12.5. The van der Waals surface area contributed by atoms with Gasteiger partial charge >= 0.3 is 5.97 Å². The molecule has 1 saturated carbocycles. The van der Waals surface area contributed by atoms with Gasteiger partial charge in [0.05, 0.1) is 7.11 Å². The first kappa shape index (κ1) is 22.5. The van der Waals surface area contributed by atoms with Crippen LogP contribution in [0.5, 0.6) is 0 Å². The van der Waals surface area contributed by atoms with E-state index < -0.39 is 5.97 Å². The van der Waals surface area contributed by atoms with Gasteiger partial charge in [0.15, 0.2) is 0 Å². The molecule has 0 aliphatic heterocycles. The van der Waals surface area contributed by atoms with E-state index in [-0.39, 0.29) is 12.5 Å². The number of rotatable bonds is 4. The third-order valence-corrected chi connectivity index (χ3v) is 5.77. The van der Waals surface area contributed by atoms with E-state index in [9.17, 15) is 9.59 Å². The normalized spacial score (nSPS) is 13.7. The number of fused-ring (bicyclic) bond motifs is 1. The molecule has 162 valence electrons. The zero-order chi connectivity index (χ0) is 22.1. The zero-order valence-corrected chi connectivity index (χ0v) is 18.4. The van der Waals surface area contributed by atoms with E-state index in [0.29, 0.717) is 5.56 Å². The fourth-order valence-corrected chi connectivity index (χ4v) is 4.00. The van der Waals surface area contributed by atoms with E-state index in [2.05, 4.69) is 17.0 Å². The highest BCUT2D eigenvalue weighted by molar-refractivity contribution is 6.06. The topological polar surface area (TPSA) is 55.4 Å². The van der Waals surface area contributed by atoms with Crippen LogP contribution in [0.1, 0.15) is 49.4 Å². The van der Waals surface area contributed by atoms with Gasteiger partial charge < -0.3 is 10.1 Å². The van der Waals surface area contributed by atoms with Crippen LogP contribution in [0.3, 0.4) is 0 Å². The van der Waals surface area contributed by atoms with Crippen molar-refractivity contribution in [2.24, 2.45) is 5.92 Å². The van der Waals surface area contributed by atoms with Gasteiger partial charge in [0.1, 0.15) is 6.54 Å². The van der Waals surface area contributed by atoms with Gasteiger partial charge in [-0.05, 0) is 33.9 Å². The highest BCUT2D eigenvalue weighted by Crippen LogP contribution is 2.31. The second-order valence-electron chi connectivity index (χ2n) is 8.07. The predicted molar refractivity (Wildman–Crippen MR) is 126 cm³/mol. The molecule has 0 saturated heterocycles. The molecule has 4 nitrogen and oxygen atoms in total. The first-order valence-electron chi connectivity index (χ1n) is 11.0. The van der Waals surface area contributed by atoms with Crippen molar-refractivity contribution in [2.45, 2.75) is 39.0 Å². The summed E-state index contributed by atoms with van der Waals surface area (Å²) in [5, 5.41) is 4.78. The van der Waals surface area contributed by atoms with Crippen molar-refractivity contribution < 1.29 is 14.3 Å². The summed E-state index contributed by atoms with van der Waals surface area (Å²) >= 11 is 0. The van der Waals surface area contributed by atoms with Gasteiger partial charge in [0.2, 0.25) is 0 Å². The fourth-order valence-electron chi connectivity index (χ4n) is 4.00. The molecule has 0 atom stereocenters. The summed E-state index contributed by atoms with van der Waals surface area (Å²) in [6.45, 7) is 2.21. The standard InChI is InChI=1S/C20H17NO3.C7H14/c1-24-19(22)13-21-20(23)18-11-5-4-10-17(18)16-12-6-8-14-7-2-3-9-15(14)16;1-7-5-3-2-4-6-7/h2-12H,13H2,1H3,(H,21,23);7H,2-6H2,1H3. The number of carbonyl (C=O) groups excluding carboxylic acids is 2. The highest BCUT2D eigenvalue weighted by Gasteiger charge is 2.15. The summed E-state index contributed by atoms with van der Waals surface area (Å²) in [7, 11) is 1.29. The Morgan fingerprint density at radius 2 is 1.52 bits per heavy atom. The molecule has 1 amide bonds. The van der Waals surface area contributed by atoms with Gasteiger partial charge in [0.25, 0.3) is 5.91 Å². The largest absolute Gasteiger partial charge is 0.468 e. The van der Waals surface area contributed by atoms with Crippen molar-refractivity contribution >= 4 is 22.6 Å². The van der Waals surface area contributed by atoms with Crippen molar-refractivity contribution in [1.82, 2.24) is 5.32 Å². The van der Waals surface area contributed by atoms with Crippen molar-refractivity contribution in [1.29, 1.82) is 0 Å². The molecule has 1 N–H and O–H groups in total. The molecule has 0 unspecified atom stereocenters. The smallest absolute Gasteiger partial charge is 0.325 e. The maximum atomic E-state index is 12.5. The van der Waals surface area contributed by atoms with Crippen LogP contribution < -0.4 is 5.32 Å². The summed E-state index contributed by atoms with van der Waals surface area (Å²) in [5.74, 6) is 0.253. The molecule has 3 aromatic carbocycles. The van der Waals surface area contributed by atoms with Gasteiger partial charge in [0, 0.05) is 5.56 Å². The predicted octanol–water partition coefficient (Wildman–Crippen LogP) is 6.00. The Morgan fingerprint density at radius 3 is 2.23 bits per heavy atom. The van der Waals surface area contributed by atoms with Crippen LogP contribution in [0.4, 0.5) is 0 Å². The Bertz CT molecular complexity index is 1020. The first-order chi connectivity index (χ1) is 15.1. The molecule has 4 heteroatoms. The minimum Gasteiger partial charge on any atom is -0.468 e. The van der Waals surface area contributed by atoms with Crippen LogP contribution in [-0.4, -0.2) is 25.5 Å². The second-order valence-corrected chi connectivity index (χ2v) is 8.07. The molecule has 0 heterocycles. The van der Waals surface area contributed by atoms with Crippen LogP contribution in [0.25, 0.3) is 21.9 Å². The van der Waals surface area contributed by atoms with E-state index in [0.717, 1.165) is 27.8 Å². The van der Waals surface area contributed by atoms with E-state index >= 15 is 0 Å². The molecule has 0 aromatic heterocycles. The Morgan fingerprint density at radius 1 is 0.871 bits per heavy atom. The molecule has 1 aliphatic carbocycles. The average molecular weight is 418 g/mol. The summed E-state index contributed by atoms with van der Waals surface area (Å²) in [5.41, 5.74) is 2.34. The number of esters is 1. The van der Waals surface area contributed by atoms with Gasteiger partial charge in [-0.2, -0.15) is 0 Å². The Hall–Kier alpha value is -3.14. The van der Waals surface area contributed by atoms with Crippen LogP contribution >= 0.6 is 0 Å². The summed E-state index contributed by atoms with van der Waals surface area (Å²) < 4.78 is 4.56. The minimum atomic E-state index is -0.481. The maximum Gasteiger partial charge on any atom is 0.325 e. The Balaban J connectivity index is 0.000000330. The van der Waals surface area contributed by atoms with Crippen LogP contribution in [-0.2, 0) is 9.53 Å². The lowest BCUT2D eigenvalue weighted by atomic mass is 9.91. The Kier molecular flexibility index (Phi) is 8.22. The van der Waals surface area contributed by atoms with E-state index in [4.69, 9.17) is 0 Å². The third-order valence-electron chi connectivity index (χ3n) is 5.77. The lowest BCUT2D eigenvalue weighted by Gasteiger charge is -2.15. The number of ether oxygens (including phenoxy) is 1. The van der Waals surface area contributed by atoms with Gasteiger partial charge in [-0.25, -0.2) is 0 Å². The van der Waals surface area contributed by atoms with Crippen molar-refractivity contribution in [3.63, 3.8) is 0 Å². The third kappa shape index (κ3) is 6.17. The van der Waals surface area contributed by atoms with E-state index in [1.54, 1.807) is 6.07 Å². The zero-order valence-electron chi connectivity index (χ0n) is 18.4. The molecule has 0 bridgehead atoms. The van der Waals surface area contributed by atoms with E-state index in [1.165, 1.54) is 39.2 Å².